The van der Waals surface area contributed by atoms with Crippen LogP contribution in [0.1, 0.15) is 18.9 Å². The van der Waals surface area contributed by atoms with Crippen molar-refractivity contribution in [3.63, 3.8) is 0 Å². The van der Waals surface area contributed by atoms with Gasteiger partial charge in [0.25, 0.3) is 0 Å². The highest BCUT2D eigenvalue weighted by Crippen LogP contribution is 2.17. The number of hydrogen-bond acceptors (Lipinski definition) is 4. The third-order valence-corrected chi connectivity index (χ3v) is 4.28. The number of hydrogen-bond donors (Lipinski definition) is 2. The number of benzene rings is 1. The van der Waals surface area contributed by atoms with Crippen molar-refractivity contribution in [1.82, 2.24) is 10.6 Å². The fraction of sp³-hybridized carbons (Fsp3) is 0.471. The van der Waals surface area contributed by atoms with E-state index >= 15 is 0 Å². The summed E-state index contributed by atoms with van der Waals surface area (Å²) in [5, 5.41) is 6.40. The summed E-state index contributed by atoms with van der Waals surface area (Å²) in [5.41, 5.74) is 1.01. The number of guanidine groups is 1. The van der Waals surface area contributed by atoms with E-state index in [1.54, 1.807) is 13.1 Å². The summed E-state index contributed by atoms with van der Waals surface area (Å²) in [7, 11) is -1.28. The van der Waals surface area contributed by atoms with Gasteiger partial charge >= 0.3 is 0 Å². The predicted octanol–water partition coefficient (Wildman–Crippen LogP) is 1.74. The van der Waals surface area contributed by atoms with Crippen LogP contribution in [-0.2, 0) is 16.4 Å². The topological polar surface area (TPSA) is 79.8 Å². The predicted molar refractivity (Wildman–Crippen MR) is 99.3 cm³/mol. The van der Waals surface area contributed by atoms with E-state index in [0.29, 0.717) is 25.5 Å². The summed E-state index contributed by atoms with van der Waals surface area (Å²) in [6.45, 7) is 6.58. The van der Waals surface area contributed by atoms with E-state index < -0.39 is 9.84 Å². The normalized spacial score (nSPS) is 13.2. The van der Waals surface area contributed by atoms with Crippen LogP contribution in [0.5, 0.6) is 5.75 Å². The van der Waals surface area contributed by atoms with Gasteiger partial charge in [-0.25, -0.2) is 8.42 Å². The van der Waals surface area contributed by atoms with Crippen molar-refractivity contribution in [2.45, 2.75) is 25.9 Å². The van der Waals surface area contributed by atoms with Gasteiger partial charge in [0.05, 0.1) is 5.75 Å². The molecule has 0 bridgehead atoms. The zero-order valence-corrected chi connectivity index (χ0v) is 15.4. The van der Waals surface area contributed by atoms with Crippen molar-refractivity contribution < 1.29 is 13.2 Å². The maximum Gasteiger partial charge on any atom is 0.191 e. The molecule has 1 rings (SSSR count). The molecule has 0 aliphatic rings. The number of rotatable bonds is 9. The van der Waals surface area contributed by atoms with Gasteiger partial charge < -0.3 is 15.4 Å². The molecule has 1 atom stereocenters. The van der Waals surface area contributed by atoms with Crippen LogP contribution >= 0.6 is 0 Å². The quantitative estimate of drug-likeness (QED) is 0.402. The highest BCUT2D eigenvalue weighted by molar-refractivity contribution is 7.90. The minimum absolute atomic E-state index is 0.00168. The average molecular weight is 353 g/mol. The fourth-order valence-electron chi connectivity index (χ4n) is 2.01. The minimum Gasteiger partial charge on any atom is -0.489 e. The Balaban J connectivity index is 2.56. The van der Waals surface area contributed by atoms with Crippen LogP contribution in [0.4, 0.5) is 0 Å². The monoisotopic (exact) mass is 353 g/mol. The Morgan fingerprint density at radius 3 is 2.75 bits per heavy atom. The first kappa shape index (κ1) is 20.0. The molecule has 24 heavy (non-hydrogen) atoms. The van der Waals surface area contributed by atoms with E-state index in [1.807, 2.05) is 31.2 Å². The lowest BCUT2D eigenvalue weighted by Gasteiger charge is -2.18. The lowest BCUT2D eigenvalue weighted by Crippen LogP contribution is -2.42. The Morgan fingerprint density at radius 2 is 2.12 bits per heavy atom. The zero-order chi connectivity index (χ0) is 18.0. The zero-order valence-electron chi connectivity index (χ0n) is 14.6. The summed E-state index contributed by atoms with van der Waals surface area (Å²) in [4.78, 5) is 4.17. The Hall–Kier alpha value is -2.02. The first-order valence-corrected chi connectivity index (χ1v) is 9.88. The molecular weight excluding hydrogens is 326 g/mol. The van der Waals surface area contributed by atoms with Gasteiger partial charge in [0.1, 0.15) is 22.2 Å². The molecule has 7 heteroatoms. The SMILES string of the molecule is C=CCOc1ccccc1CNC(=NC)NC(C)CCS(C)(=O)=O. The molecule has 0 fully saturated rings. The van der Waals surface area contributed by atoms with Gasteiger partial charge in [-0.1, -0.05) is 30.9 Å². The summed E-state index contributed by atoms with van der Waals surface area (Å²) < 4.78 is 28.1. The fourth-order valence-corrected chi connectivity index (χ4v) is 2.79. The van der Waals surface area contributed by atoms with Crippen molar-refractivity contribution in [2.75, 3.05) is 25.7 Å². The van der Waals surface area contributed by atoms with Crippen LogP contribution in [0.15, 0.2) is 41.9 Å². The number of ether oxygens (including phenoxy) is 1. The van der Waals surface area contributed by atoms with Crippen LogP contribution in [0.25, 0.3) is 0 Å². The Morgan fingerprint density at radius 1 is 1.42 bits per heavy atom. The molecular formula is C17H27N3O3S. The van der Waals surface area contributed by atoms with Crippen molar-refractivity contribution in [3.8, 4) is 5.75 Å². The number of nitrogens with zero attached hydrogens (tertiary/aromatic N) is 1. The van der Waals surface area contributed by atoms with Crippen molar-refractivity contribution in [2.24, 2.45) is 4.99 Å². The van der Waals surface area contributed by atoms with Gasteiger partial charge in [-0.2, -0.15) is 0 Å². The van der Waals surface area contributed by atoms with Gasteiger partial charge in [0.2, 0.25) is 0 Å². The van der Waals surface area contributed by atoms with E-state index in [2.05, 4.69) is 22.2 Å². The molecule has 0 amide bonds. The first-order valence-electron chi connectivity index (χ1n) is 7.82. The molecule has 1 aromatic carbocycles. The molecule has 0 aromatic heterocycles. The maximum atomic E-state index is 11.2. The van der Waals surface area contributed by atoms with E-state index in [-0.39, 0.29) is 11.8 Å². The van der Waals surface area contributed by atoms with Crippen LogP contribution in [0, 0.1) is 0 Å². The molecule has 0 radical (unpaired) electrons. The van der Waals surface area contributed by atoms with Gasteiger partial charge in [-0.15, -0.1) is 0 Å². The maximum absolute atomic E-state index is 11.2. The number of aliphatic imine (C=N–C) groups is 1. The smallest absolute Gasteiger partial charge is 0.191 e. The number of nitrogens with one attached hydrogen (secondary N) is 2. The Labute approximate surface area is 144 Å². The average Bonchev–Trinajstić information content (AvgIpc) is 2.55. The molecule has 0 saturated heterocycles. The van der Waals surface area contributed by atoms with E-state index in [1.165, 1.54) is 6.26 Å². The molecule has 0 aliphatic carbocycles. The van der Waals surface area contributed by atoms with Crippen LogP contribution in [0.3, 0.4) is 0 Å². The molecule has 2 N–H and O–H groups in total. The molecule has 0 spiro atoms. The number of para-hydroxylation sites is 1. The molecule has 0 saturated carbocycles. The molecule has 0 heterocycles. The largest absolute Gasteiger partial charge is 0.489 e. The van der Waals surface area contributed by atoms with Gasteiger partial charge in [0, 0.05) is 31.5 Å². The minimum atomic E-state index is -2.96. The lowest BCUT2D eigenvalue weighted by atomic mass is 10.2. The second kappa shape index (κ2) is 9.97. The van der Waals surface area contributed by atoms with Crippen LogP contribution in [-0.4, -0.2) is 46.1 Å². The van der Waals surface area contributed by atoms with Gasteiger partial charge in [-0.3, -0.25) is 4.99 Å². The van der Waals surface area contributed by atoms with E-state index in [0.717, 1.165) is 11.3 Å². The molecule has 0 aliphatic heterocycles. The summed E-state index contributed by atoms with van der Waals surface area (Å²) >= 11 is 0. The van der Waals surface area contributed by atoms with Crippen LogP contribution in [0.2, 0.25) is 0 Å². The Bertz CT molecular complexity index is 657. The first-order chi connectivity index (χ1) is 11.4. The standard InChI is InChI=1S/C17H27N3O3S/c1-5-11-23-16-9-7-6-8-15(16)13-19-17(18-3)20-14(2)10-12-24(4,21)22/h5-9,14H,1,10-13H2,2-4H3,(H2,18,19,20). The Kier molecular flexibility index (Phi) is 8.32. The number of sulfone groups is 1. The van der Waals surface area contributed by atoms with Crippen LogP contribution < -0.4 is 15.4 Å². The second-order valence-corrected chi connectivity index (χ2v) is 7.86. The second-order valence-electron chi connectivity index (χ2n) is 5.60. The lowest BCUT2D eigenvalue weighted by molar-refractivity contribution is 0.358. The van der Waals surface area contributed by atoms with Crippen molar-refractivity contribution in [3.05, 3.63) is 42.5 Å². The molecule has 1 unspecified atom stereocenters. The van der Waals surface area contributed by atoms with Gasteiger partial charge in [-0.05, 0) is 19.4 Å². The van der Waals surface area contributed by atoms with Crippen molar-refractivity contribution in [1.29, 1.82) is 0 Å². The molecule has 1 aromatic rings. The van der Waals surface area contributed by atoms with Crippen molar-refractivity contribution >= 4 is 15.8 Å². The summed E-state index contributed by atoms with van der Waals surface area (Å²) in [6.07, 6.45) is 3.47. The third-order valence-electron chi connectivity index (χ3n) is 3.30. The van der Waals surface area contributed by atoms with E-state index in [4.69, 9.17) is 4.74 Å². The van der Waals surface area contributed by atoms with E-state index in [9.17, 15) is 8.42 Å². The highest BCUT2D eigenvalue weighted by atomic mass is 32.2. The molecule has 134 valence electrons. The third kappa shape index (κ3) is 8.01. The summed E-state index contributed by atoms with van der Waals surface area (Å²) in [5.74, 6) is 1.57. The van der Waals surface area contributed by atoms with Gasteiger partial charge in [0.15, 0.2) is 5.96 Å². The molecule has 6 nitrogen and oxygen atoms in total. The summed E-state index contributed by atoms with van der Waals surface area (Å²) in [6, 6.07) is 7.75. The highest BCUT2D eigenvalue weighted by Gasteiger charge is 2.10.